The summed E-state index contributed by atoms with van der Waals surface area (Å²) in [5, 5.41) is 2.90. The number of benzene rings is 3. The second-order valence-electron chi connectivity index (χ2n) is 6.93. The monoisotopic (exact) mass is 424 g/mol. The molecule has 0 atom stereocenters. The quantitative estimate of drug-likeness (QED) is 0.626. The normalized spacial score (nSPS) is 11.3. The number of para-hydroxylation sites is 1. The number of ether oxygens (including phenoxy) is 1. The first-order chi connectivity index (χ1) is 14.3. The highest BCUT2D eigenvalue weighted by molar-refractivity contribution is 7.89. The van der Waals surface area contributed by atoms with Crippen LogP contribution in [0, 0.1) is 0 Å². The summed E-state index contributed by atoms with van der Waals surface area (Å²) in [6.07, 6.45) is 0.667. The van der Waals surface area contributed by atoms with E-state index in [0.717, 1.165) is 15.4 Å². The highest BCUT2D eigenvalue weighted by Gasteiger charge is 2.24. The summed E-state index contributed by atoms with van der Waals surface area (Å²) in [5.74, 6) is -0.210. The van der Waals surface area contributed by atoms with E-state index in [9.17, 15) is 13.2 Å². The largest absolute Gasteiger partial charge is 0.495 e. The van der Waals surface area contributed by atoms with Crippen LogP contribution in [0.2, 0.25) is 0 Å². The predicted molar refractivity (Wildman–Crippen MR) is 118 cm³/mol. The lowest BCUT2D eigenvalue weighted by molar-refractivity contribution is 0.102. The van der Waals surface area contributed by atoms with Gasteiger partial charge in [-0.05, 0) is 41.8 Å². The zero-order valence-electron chi connectivity index (χ0n) is 17.1. The fourth-order valence-corrected chi connectivity index (χ4v) is 4.10. The number of hydrogen-bond donors (Lipinski definition) is 1. The van der Waals surface area contributed by atoms with Gasteiger partial charge in [0.2, 0.25) is 10.0 Å². The summed E-state index contributed by atoms with van der Waals surface area (Å²) in [5.41, 5.74) is 3.00. The van der Waals surface area contributed by atoms with Crippen molar-refractivity contribution in [3.05, 3.63) is 89.5 Å². The molecule has 1 N–H and O–H groups in total. The standard InChI is InChI=1S/C23H24N2O4S/c1-25(2)30(27,28)22-16-19(13-14-21(22)29-3)23(26)24-20-12-8-7-11-18(20)15-17-9-5-4-6-10-17/h4-14,16H,15H2,1-3H3,(H,24,26). The van der Waals surface area contributed by atoms with Crippen molar-refractivity contribution in [2.24, 2.45) is 0 Å². The molecule has 3 rings (SSSR count). The highest BCUT2D eigenvalue weighted by atomic mass is 32.2. The van der Waals surface area contributed by atoms with Gasteiger partial charge in [-0.3, -0.25) is 4.79 Å². The van der Waals surface area contributed by atoms with Gasteiger partial charge in [-0.25, -0.2) is 12.7 Å². The number of anilines is 1. The number of hydrogen-bond acceptors (Lipinski definition) is 4. The maximum atomic E-state index is 12.9. The Labute approximate surface area is 177 Å². The first-order valence-electron chi connectivity index (χ1n) is 9.36. The summed E-state index contributed by atoms with van der Waals surface area (Å²) in [4.78, 5) is 12.9. The van der Waals surface area contributed by atoms with E-state index in [-0.39, 0.29) is 16.2 Å². The lowest BCUT2D eigenvalue weighted by atomic mass is 10.0. The van der Waals surface area contributed by atoms with E-state index in [0.29, 0.717) is 12.1 Å². The van der Waals surface area contributed by atoms with Gasteiger partial charge < -0.3 is 10.1 Å². The minimum absolute atomic E-state index is 0.0554. The summed E-state index contributed by atoms with van der Waals surface area (Å²) in [6, 6.07) is 21.9. The Hall–Kier alpha value is -3.16. The molecule has 3 aromatic rings. The van der Waals surface area contributed by atoms with Crippen molar-refractivity contribution in [3.8, 4) is 5.75 Å². The van der Waals surface area contributed by atoms with Crippen LogP contribution in [0.15, 0.2) is 77.7 Å². The van der Waals surface area contributed by atoms with Gasteiger partial charge >= 0.3 is 0 Å². The van der Waals surface area contributed by atoms with Crippen LogP contribution in [-0.4, -0.2) is 39.8 Å². The SMILES string of the molecule is COc1ccc(C(=O)Nc2ccccc2Cc2ccccc2)cc1S(=O)(=O)N(C)C. The van der Waals surface area contributed by atoms with Crippen LogP contribution in [-0.2, 0) is 16.4 Å². The molecule has 0 heterocycles. The van der Waals surface area contributed by atoms with E-state index in [1.54, 1.807) is 6.07 Å². The first kappa shape index (κ1) is 21.5. The molecule has 0 aliphatic carbocycles. The summed E-state index contributed by atoms with van der Waals surface area (Å²) < 4.78 is 31.5. The van der Waals surface area contributed by atoms with Crippen molar-refractivity contribution in [1.29, 1.82) is 0 Å². The highest BCUT2D eigenvalue weighted by Crippen LogP contribution is 2.28. The van der Waals surface area contributed by atoms with Gasteiger partial charge in [0.15, 0.2) is 0 Å². The maximum absolute atomic E-state index is 12.9. The molecule has 0 radical (unpaired) electrons. The molecule has 1 amide bonds. The first-order valence-corrected chi connectivity index (χ1v) is 10.8. The minimum atomic E-state index is -3.77. The van der Waals surface area contributed by atoms with E-state index in [1.807, 2.05) is 54.6 Å². The number of carbonyl (C=O) groups is 1. The molecule has 3 aromatic carbocycles. The van der Waals surface area contributed by atoms with Crippen molar-refractivity contribution in [3.63, 3.8) is 0 Å². The van der Waals surface area contributed by atoms with E-state index < -0.39 is 15.9 Å². The minimum Gasteiger partial charge on any atom is -0.495 e. The van der Waals surface area contributed by atoms with Gasteiger partial charge in [-0.1, -0.05) is 48.5 Å². The summed E-state index contributed by atoms with van der Waals surface area (Å²) >= 11 is 0. The molecule has 0 saturated heterocycles. The number of carbonyl (C=O) groups excluding carboxylic acids is 1. The maximum Gasteiger partial charge on any atom is 0.255 e. The van der Waals surface area contributed by atoms with Gasteiger partial charge in [0.1, 0.15) is 10.6 Å². The molecule has 0 aliphatic heterocycles. The lowest BCUT2D eigenvalue weighted by Gasteiger charge is -2.16. The molecular weight excluding hydrogens is 400 g/mol. The lowest BCUT2D eigenvalue weighted by Crippen LogP contribution is -2.23. The van der Waals surface area contributed by atoms with Crippen molar-refractivity contribution in [1.82, 2.24) is 4.31 Å². The Morgan fingerprint density at radius 2 is 1.63 bits per heavy atom. The molecule has 30 heavy (non-hydrogen) atoms. The predicted octanol–water partition coefficient (Wildman–Crippen LogP) is 3.79. The van der Waals surface area contributed by atoms with Crippen molar-refractivity contribution in [2.75, 3.05) is 26.5 Å². The molecule has 7 heteroatoms. The second-order valence-corrected chi connectivity index (χ2v) is 9.05. The smallest absolute Gasteiger partial charge is 0.255 e. The summed E-state index contributed by atoms with van der Waals surface area (Å²) in [6.45, 7) is 0. The molecule has 0 saturated carbocycles. The number of methoxy groups -OCH3 is 1. The van der Waals surface area contributed by atoms with Crippen LogP contribution < -0.4 is 10.1 Å². The molecule has 0 unspecified atom stereocenters. The molecule has 0 spiro atoms. The Kier molecular flexibility index (Phi) is 6.54. The Morgan fingerprint density at radius 1 is 0.967 bits per heavy atom. The molecule has 0 bridgehead atoms. The van der Waals surface area contributed by atoms with E-state index >= 15 is 0 Å². The zero-order valence-corrected chi connectivity index (χ0v) is 17.9. The fraction of sp³-hybridized carbons (Fsp3) is 0.174. The van der Waals surface area contributed by atoms with Gasteiger partial charge in [-0.15, -0.1) is 0 Å². The topological polar surface area (TPSA) is 75.7 Å². The van der Waals surface area contributed by atoms with E-state index in [2.05, 4.69) is 5.32 Å². The Bertz CT molecular complexity index is 1140. The third kappa shape index (κ3) is 4.69. The average Bonchev–Trinajstić information content (AvgIpc) is 2.75. The van der Waals surface area contributed by atoms with Crippen LogP contribution >= 0.6 is 0 Å². The van der Waals surface area contributed by atoms with Crippen LogP contribution in [0.4, 0.5) is 5.69 Å². The second kappa shape index (κ2) is 9.11. The van der Waals surface area contributed by atoms with Crippen molar-refractivity contribution < 1.29 is 17.9 Å². The molecule has 6 nitrogen and oxygen atoms in total. The van der Waals surface area contributed by atoms with Gasteiger partial charge in [0.25, 0.3) is 5.91 Å². The number of nitrogens with zero attached hydrogens (tertiary/aromatic N) is 1. The molecule has 0 fully saturated rings. The molecule has 0 aromatic heterocycles. The van der Waals surface area contributed by atoms with Crippen LogP contribution in [0.25, 0.3) is 0 Å². The molecule has 156 valence electrons. The van der Waals surface area contributed by atoms with Gasteiger partial charge in [0.05, 0.1) is 7.11 Å². The number of sulfonamides is 1. The van der Waals surface area contributed by atoms with E-state index in [1.165, 1.54) is 33.3 Å². The average molecular weight is 425 g/mol. The number of amides is 1. The zero-order chi connectivity index (χ0) is 21.7. The van der Waals surface area contributed by atoms with E-state index in [4.69, 9.17) is 4.74 Å². The number of nitrogens with one attached hydrogen (secondary N) is 1. The van der Waals surface area contributed by atoms with Crippen molar-refractivity contribution in [2.45, 2.75) is 11.3 Å². The van der Waals surface area contributed by atoms with Crippen LogP contribution in [0.3, 0.4) is 0 Å². The fourth-order valence-electron chi connectivity index (χ4n) is 3.02. The van der Waals surface area contributed by atoms with Crippen LogP contribution in [0.5, 0.6) is 5.75 Å². The third-order valence-corrected chi connectivity index (χ3v) is 6.52. The molecule has 0 aliphatic rings. The summed E-state index contributed by atoms with van der Waals surface area (Å²) in [7, 11) is 0.487. The van der Waals surface area contributed by atoms with Gasteiger partial charge in [0, 0.05) is 25.3 Å². The Morgan fingerprint density at radius 3 is 2.30 bits per heavy atom. The van der Waals surface area contributed by atoms with Gasteiger partial charge in [-0.2, -0.15) is 0 Å². The van der Waals surface area contributed by atoms with Crippen LogP contribution in [0.1, 0.15) is 21.5 Å². The number of rotatable bonds is 7. The Balaban J connectivity index is 1.90. The molecular formula is C23H24N2O4S. The van der Waals surface area contributed by atoms with Crippen molar-refractivity contribution >= 4 is 21.6 Å². The third-order valence-electron chi connectivity index (χ3n) is 4.69.